The first-order valence-corrected chi connectivity index (χ1v) is 21.7. The Hall–Kier alpha value is -7.40. The molecule has 0 fully saturated rings. The Morgan fingerprint density at radius 2 is 1.03 bits per heavy atom. The van der Waals surface area contributed by atoms with Crippen LogP contribution in [0.4, 0.5) is 17.1 Å². The van der Waals surface area contributed by atoms with Gasteiger partial charge in [0, 0.05) is 53.1 Å². The van der Waals surface area contributed by atoms with Gasteiger partial charge < -0.3 is 13.7 Å². The van der Waals surface area contributed by atoms with Gasteiger partial charge in [0.2, 0.25) is 0 Å². The summed E-state index contributed by atoms with van der Waals surface area (Å²) in [7, 11) is 0. The molecule has 0 unspecified atom stereocenters. The second kappa shape index (κ2) is 12.8. The molecule has 0 saturated heterocycles. The van der Waals surface area contributed by atoms with Crippen LogP contribution in [-0.4, -0.2) is 0 Å². The number of nitrogens with zero attached hydrogens (tertiary/aromatic N) is 1. The van der Waals surface area contributed by atoms with Gasteiger partial charge in [0.05, 0.1) is 11.1 Å². The summed E-state index contributed by atoms with van der Waals surface area (Å²) in [6, 6.07) is 68.1. The molecule has 1 aliphatic rings. The predicted octanol–water partition coefficient (Wildman–Crippen LogP) is 17.0. The lowest BCUT2D eigenvalue weighted by Crippen LogP contribution is -2.16. The van der Waals surface area contributed by atoms with E-state index in [0.717, 1.165) is 72.1 Å². The number of thiophene rings is 1. The first kappa shape index (κ1) is 34.5. The highest BCUT2D eigenvalue weighted by molar-refractivity contribution is 7.25. The lowest BCUT2D eigenvalue weighted by Gasteiger charge is -2.28. The van der Waals surface area contributed by atoms with Crippen molar-refractivity contribution in [3.05, 3.63) is 199 Å². The molecule has 12 aromatic rings. The molecule has 61 heavy (non-hydrogen) atoms. The van der Waals surface area contributed by atoms with Crippen LogP contribution in [0.15, 0.2) is 197 Å². The van der Waals surface area contributed by atoms with E-state index in [0.29, 0.717) is 0 Å². The third kappa shape index (κ3) is 5.09. The van der Waals surface area contributed by atoms with Gasteiger partial charge in [-0.15, -0.1) is 11.3 Å². The minimum absolute atomic E-state index is 0.150. The molecule has 3 heterocycles. The van der Waals surface area contributed by atoms with Crippen LogP contribution in [0.3, 0.4) is 0 Å². The number of furan rings is 2. The number of rotatable bonds is 5. The van der Waals surface area contributed by atoms with Gasteiger partial charge in [-0.3, -0.25) is 0 Å². The van der Waals surface area contributed by atoms with E-state index in [2.05, 4.69) is 207 Å². The lowest BCUT2D eigenvalue weighted by atomic mass is 9.82. The van der Waals surface area contributed by atoms with Crippen molar-refractivity contribution in [3.8, 4) is 33.4 Å². The molecule has 1 aliphatic carbocycles. The van der Waals surface area contributed by atoms with Crippen molar-refractivity contribution in [2.75, 3.05) is 4.90 Å². The van der Waals surface area contributed by atoms with E-state index in [1.807, 2.05) is 11.3 Å². The van der Waals surface area contributed by atoms with Crippen molar-refractivity contribution < 1.29 is 8.83 Å². The van der Waals surface area contributed by atoms with Gasteiger partial charge in [-0.25, -0.2) is 0 Å². The molecule has 9 aromatic carbocycles. The summed E-state index contributed by atoms with van der Waals surface area (Å²) in [6.07, 6.45) is 0. The number of hydrogen-bond donors (Lipinski definition) is 0. The van der Waals surface area contributed by atoms with Gasteiger partial charge in [-0.2, -0.15) is 0 Å². The third-order valence-corrected chi connectivity index (χ3v) is 14.2. The van der Waals surface area contributed by atoms with E-state index in [1.165, 1.54) is 53.6 Å². The summed E-state index contributed by atoms with van der Waals surface area (Å²) in [4.78, 5) is 2.41. The van der Waals surface area contributed by atoms with Gasteiger partial charge >= 0.3 is 0 Å². The number of benzene rings is 9. The van der Waals surface area contributed by atoms with Crippen LogP contribution >= 0.6 is 11.3 Å². The van der Waals surface area contributed by atoms with Gasteiger partial charge in [0.1, 0.15) is 22.3 Å². The van der Waals surface area contributed by atoms with Crippen molar-refractivity contribution >= 4 is 92.4 Å². The SMILES string of the molecule is CC1(C)c2ccccc2-c2ccc(N(c3ccc(-c4ccc5c(c4)sc4ccccc45)cc3)c3cccc4oc5cc6c(cc5c34)oc3cccc(-c4ccccc4)c36)cc21. The Bertz CT molecular complexity index is 3740. The van der Waals surface area contributed by atoms with Crippen LogP contribution in [0.1, 0.15) is 25.0 Å². The zero-order chi connectivity index (χ0) is 40.4. The summed E-state index contributed by atoms with van der Waals surface area (Å²) in [5, 5.41) is 6.84. The van der Waals surface area contributed by atoms with Crippen molar-refractivity contribution in [1.29, 1.82) is 0 Å². The second-order valence-corrected chi connectivity index (χ2v) is 17.9. The molecule has 0 aliphatic heterocycles. The van der Waals surface area contributed by atoms with Crippen molar-refractivity contribution in [2.24, 2.45) is 0 Å². The Morgan fingerprint density at radius 3 is 1.87 bits per heavy atom. The molecule has 3 nitrogen and oxygen atoms in total. The van der Waals surface area contributed by atoms with Gasteiger partial charge in [0.25, 0.3) is 0 Å². The first-order chi connectivity index (χ1) is 30.0. The monoisotopic (exact) mass is 799 g/mol. The molecule has 13 rings (SSSR count). The van der Waals surface area contributed by atoms with Crippen LogP contribution < -0.4 is 4.90 Å². The predicted molar refractivity (Wildman–Crippen MR) is 257 cm³/mol. The molecular weight excluding hydrogens is 763 g/mol. The van der Waals surface area contributed by atoms with Crippen molar-refractivity contribution in [1.82, 2.24) is 0 Å². The summed E-state index contributed by atoms with van der Waals surface area (Å²) in [6.45, 7) is 4.69. The molecule has 0 spiro atoms. The van der Waals surface area contributed by atoms with Crippen LogP contribution in [0.2, 0.25) is 0 Å². The Morgan fingerprint density at radius 1 is 0.393 bits per heavy atom. The van der Waals surface area contributed by atoms with Crippen LogP contribution in [-0.2, 0) is 5.41 Å². The van der Waals surface area contributed by atoms with Crippen molar-refractivity contribution in [2.45, 2.75) is 19.3 Å². The van der Waals surface area contributed by atoms with Crippen LogP contribution in [0.25, 0.3) is 97.4 Å². The van der Waals surface area contributed by atoms with Gasteiger partial charge in [-0.05, 0) is 111 Å². The van der Waals surface area contributed by atoms with E-state index >= 15 is 0 Å². The topological polar surface area (TPSA) is 29.5 Å². The average Bonchev–Trinajstić information content (AvgIpc) is 4.04. The Balaban J connectivity index is 1.00. The van der Waals surface area contributed by atoms with E-state index in [-0.39, 0.29) is 5.41 Å². The Kier molecular flexibility index (Phi) is 7.23. The average molecular weight is 800 g/mol. The van der Waals surface area contributed by atoms with Crippen molar-refractivity contribution in [3.63, 3.8) is 0 Å². The minimum atomic E-state index is -0.150. The Labute approximate surface area is 356 Å². The molecule has 0 bridgehead atoms. The summed E-state index contributed by atoms with van der Waals surface area (Å²) in [5.41, 5.74) is 16.4. The van der Waals surface area contributed by atoms with Gasteiger partial charge in [0.15, 0.2) is 0 Å². The molecule has 288 valence electrons. The fraction of sp³-hybridized carbons (Fsp3) is 0.0526. The summed E-state index contributed by atoms with van der Waals surface area (Å²) < 4.78 is 16.1. The van der Waals surface area contributed by atoms with E-state index in [4.69, 9.17) is 8.83 Å². The lowest BCUT2D eigenvalue weighted by molar-refractivity contribution is 0.660. The number of anilines is 3. The highest BCUT2D eigenvalue weighted by Gasteiger charge is 2.36. The number of fused-ring (bicyclic) bond motifs is 12. The summed E-state index contributed by atoms with van der Waals surface area (Å²) >= 11 is 1.86. The van der Waals surface area contributed by atoms with Crippen LogP contribution in [0.5, 0.6) is 0 Å². The van der Waals surface area contributed by atoms with E-state index in [1.54, 1.807) is 0 Å². The maximum atomic E-state index is 6.80. The molecule has 0 amide bonds. The largest absolute Gasteiger partial charge is 0.456 e. The maximum absolute atomic E-state index is 6.80. The summed E-state index contributed by atoms with van der Waals surface area (Å²) in [5.74, 6) is 0. The third-order valence-electron chi connectivity index (χ3n) is 13.1. The normalized spacial score (nSPS) is 13.2. The molecular formula is C57H37NO2S. The quantitative estimate of drug-likeness (QED) is 0.174. The molecule has 0 N–H and O–H groups in total. The fourth-order valence-corrected chi connectivity index (χ4v) is 11.3. The van der Waals surface area contributed by atoms with E-state index in [9.17, 15) is 0 Å². The van der Waals surface area contributed by atoms with E-state index < -0.39 is 0 Å². The smallest absolute Gasteiger partial charge is 0.137 e. The number of hydrogen-bond acceptors (Lipinski definition) is 4. The maximum Gasteiger partial charge on any atom is 0.137 e. The second-order valence-electron chi connectivity index (χ2n) is 16.8. The van der Waals surface area contributed by atoms with Gasteiger partial charge in [-0.1, -0.05) is 135 Å². The molecule has 4 heteroatoms. The highest BCUT2D eigenvalue weighted by Crippen LogP contribution is 2.52. The molecule has 0 atom stereocenters. The zero-order valence-corrected chi connectivity index (χ0v) is 34.4. The zero-order valence-electron chi connectivity index (χ0n) is 33.6. The first-order valence-electron chi connectivity index (χ1n) is 20.9. The standard InChI is InChI=1S/C57H37NO2S/c1-57(2)46-17-8-6-14-40(46)41-29-27-38(31-47(41)57)58(37-25-22-34(23-26-37)36-24-28-43-42-15-7-9-21-53(42)61-54(43)30-36)48-18-11-20-50-56(48)45-33-51-44(32-52(45)60-50)55-39(16-10-19-49(55)59-51)35-12-4-3-5-13-35/h3-33H,1-2H3. The molecule has 3 aromatic heterocycles. The van der Waals surface area contributed by atoms with Crippen LogP contribution in [0, 0.1) is 0 Å². The molecule has 0 saturated carbocycles. The fourth-order valence-electron chi connectivity index (χ4n) is 10.1. The highest BCUT2D eigenvalue weighted by atomic mass is 32.1. The minimum Gasteiger partial charge on any atom is -0.456 e. The molecule has 0 radical (unpaired) electrons.